The summed E-state index contributed by atoms with van der Waals surface area (Å²) in [6.07, 6.45) is 1.78. The van der Waals surface area contributed by atoms with Gasteiger partial charge in [-0.05, 0) is 12.1 Å². The molecule has 0 atom stereocenters. The zero-order valence-electron chi connectivity index (χ0n) is 10.2. The molecule has 1 aromatic rings. The summed E-state index contributed by atoms with van der Waals surface area (Å²) < 4.78 is 0. The molecule has 4 nitrogen and oxygen atoms in total. The molecule has 0 aliphatic carbocycles. The number of hydrogen-bond acceptors (Lipinski definition) is 4. The number of piperazine rings is 1. The van der Waals surface area contributed by atoms with Crippen molar-refractivity contribution in [2.45, 2.75) is 0 Å². The van der Waals surface area contributed by atoms with E-state index in [1.807, 2.05) is 19.2 Å². The number of anilines is 1. The van der Waals surface area contributed by atoms with Crippen LogP contribution in [0.5, 0.6) is 0 Å². The van der Waals surface area contributed by atoms with E-state index in [-0.39, 0.29) is 0 Å². The van der Waals surface area contributed by atoms with Gasteiger partial charge in [-0.15, -0.1) is 0 Å². The molecule has 1 aliphatic heterocycles. The van der Waals surface area contributed by atoms with Crippen LogP contribution < -0.4 is 10.2 Å². The molecule has 1 aliphatic rings. The normalized spacial score (nSPS) is 17.1. The molecule has 0 spiro atoms. The summed E-state index contributed by atoms with van der Waals surface area (Å²) in [5.74, 6) is 0.865. The van der Waals surface area contributed by atoms with Crippen LogP contribution in [0.1, 0.15) is 0 Å². The van der Waals surface area contributed by atoms with Gasteiger partial charge in [0, 0.05) is 52.5 Å². The van der Waals surface area contributed by atoms with Gasteiger partial charge in [0.1, 0.15) is 5.82 Å². The number of halogens is 1. The van der Waals surface area contributed by atoms with E-state index in [4.69, 9.17) is 11.6 Å². The summed E-state index contributed by atoms with van der Waals surface area (Å²) in [6, 6.07) is 3.74. The van der Waals surface area contributed by atoms with Crippen LogP contribution in [-0.4, -0.2) is 56.2 Å². The fourth-order valence-electron chi connectivity index (χ4n) is 1.99. The maximum atomic E-state index is 6.11. The van der Waals surface area contributed by atoms with E-state index >= 15 is 0 Å². The molecule has 0 radical (unpaired) electrons. The second kappa shape index (κ2) is 6.19. The predicted octanol–water partition coefficient (Wildman–Crippen LogP) is 1.08. The summed E-state index contributed by atoms with van der Waals surface area (Å²) >= 11 is 6.11. The average molecular weight is 255 g/mol. The standard InChI is InChI=1S/C12H19ClN4/c1-16(12-11(13)3-2-4-15-12)9-10-17-7-5-14-6-8-17/h2-4,14H,5-10H2,1H3. The van der Waals surface area contributed by atoms with E-state index in [0.717, 1.165) is 50.1 Å². The molecule has 1 fully saturated rings. The van der Waals surface area contributed by atoms with Gasteiger partial charge < -0.3 is 10.2 Å². The fourth-order valence-corrected chi connectivity index (χ4v) is 2.26. The van der Waals surface area contributed by atoms with Gasteiger partial charge in [-0.25, -0.2) is 4.98 Å². The number of likely N-dealkylation sites (N-methyl/N-ethyl adjacent to an activating group) is 1. The van der Waals surface area contributed by atoms with Crippen LogP contribution in [0.2, 0.25) is 5.02 Å². The fraction of sp³-hybridized carbons (Fsp3) is 0.583. The van der Waals surface area contributed by atoms with Crippen LogP contribution in [0, 0.1) is 0 Å². The Kier molecular flexibility index (Phi) is 4.59. The van der Waals surface area contributed by atoms with Gasteiger partial charge >= 0.3 is 0 Å². The molecule has 94 valence electrons. The number of rotatable bonds is 4. The molecule has 0 unspecified atom stereocenters. The molecular formula is C12H19ClN4. The van der Waals surface area contributed by atoms with E-state index in [1.165, 1.54) is 0 Å². The average Bonchev–Trinajstić information content (AvgIpc) is 2.38. The van der Waals surface area contributed by atoms with Gasteiger partial charge in [-0.2, -0.15) is 0 Å². The summed E-state index contributed by atoms with van der Waals surface area (Å²) in [6.45, 7) is 6.46. The molecule has 0 saturated carbocycles. The first-order valence-corrected chi connectivity index (χ1v) is 6.40. The van der Waals surface area contributed by atoms with Crippen molar-refractivity contribution >= 4 is 17.4 Å². The lowest BCUT2D eigenvalue weighted by atomic mass is 10.3. The van der Waals surface area contributed by atoms with Crippen LogP contribution in [-0.2, 0) is 0 Å². The highest BCUT2D eigenvalue weighted by Gasteiger charge is 2.11. The molecule has 1 saturated heterocycles. The third-order valence-electron chi connectivity index (χ3n) is 3.06. The largest absolute Gasteiger partial charge is 0.357 e. The summed E-state index contributed by atoms with van der Waals surface area (Å²) in [5.41, 5.74) is 0. The molecule has 0 bridgehead atoms. The lowest BCUT2D eigenvalue weighted by Crippen LogP contribution is -2.46. The minimum Gasteiger partial charge on any atom is -0.357 e. The van der Waals surface area contributed by atoms with Crippen LogP contribution in [0.4, 0.5) is 5.82 Å². The van der Waals surface area contributed by atoms with Gasteiger partial charge in [-0.3, -0.25) is 4.90 Å². The Labute approximate surface area is 108 Å². The van der Waals surface area contributed by atoms with E-state index in [0.29, 0.717) is 0 Å². The Morgan fingerprint density at radius 1 is 1.47 bits per heavy atom. The van der Waals surface area contributed by atoms with Crippen LogP contribution in [0.3, 0.4) is 0 Å². The minimum atomic E-state index is 0.718. The topological polar surface area (TPSA) is 31.4 Å². The smallest absolute Gasteiger partial charge is 0.147 e. The van der Waals surface area contributed by atoms with Crippen molar-refractivity contribution in [2.75, 3.05) is 51.2 Å². The van der Waals surface area contributed by atoms with E-state index in [1.54, 1.807) is 6.20 Å². The first-order valence-electron chi connectivity index (χ1n) is 6.02. The van der Waals surface area contributed by atoms with Gasteiger partial charge in [-0.1, -0.05) is 11.6 Å². The third-order valence-corrected chi connectivity index (χ3v) is 3.36. The van der Waals surface area contributed by atoms with Crippen molar-refractivity contribution in [3.8, 4) is 0 Å². The molecule has 1 N–H and O–H groups in total. The zero-order chi connectivity index (χ0) is 12.1. The molecule has 17 heavy (non-hydrogen) atoms. The first kappa shape index (κ1) is 12.6. The lowest BCUT2D eigenvalue weighted by molar-refractivity contribution is 0.246. The summed E-state index contributed by atoms with van der Waals surface area (Å²) in [4.78, 5) is 8.88. The van der Waals surface area contributed by atoms with E-state index in [9.17, 15) is 0 Å². The Balaban J connectivity index is 1.84. The Morgan fingerprint density at radius 3 is 2.94 bits per heavy atom. The van der Waals surface area contributed by atoms with E-state index < -0.39 is 0 Å². The highest BCUT2D eigenvalue weighted by Crippen LogP contribution is 2.20. The zero-order valence-corrected chi connectivity index (χ0v) is 11.0. The Hall–Kier alpha value is -0.840. The van der Waals surface area contributed by atoms with E-state index in [2.05, 4.69) is 20.1 Å². The van der Waals surface area contributed by atoms with Gasteiger partial charge in [0.15, 0.2) is 0 Å². The van der Waals surface area contributed by atoms with Crippen molar-refractivity contribution in [1.29, 1.82) is 0 Å². The quantitative estimate of drug-likeness (QED) is 0.871. The van der Waals surface area contributed by atoms with Crippen molar-refractivity contribution in [3.63, 3.8) is 0 Å². The van der Waals surface area contributed by atoms with Gasteiger partial charge in [0.25, 0.3) is 0 Å². The number of hydrogen-bond donors (Lipinski definition) is 1. The minimum absolute atomic E-state index is 0.718. The number of aromatic nitrogens is 1. The molecule has 2 rings (SSSR count). The van der Waals surface area contributed by atoms with Crippen molar-refractivity contribution in [1.82, 2.24) is 15.2 Å². The summed E-state index contributed by atoms with van der Waals surface area (Å²) in [7, 11) is 2.04. The monoisotopic (exact) mass is 254 g/mol. The molecule has 0 aromatic carbocycles. The second-order valence-corrected chi connectivity index (χ2v) is 4.73. The SMILES string of the molecule is CN(CCN1CCNCC1)c1ncccc1Cl. The first-order chi connectivity index (χ1) is 8.27. The highest BCUT2D eigenvalue weighted by atomic mass is 35.5. The van der Waals surface area contributed by atoms with Crippen LogP contribution in [0.15, 0.2) is 18.3 Å². The maximum absolute atomic E-state index is 6.11. The summed E-state index contributed by atoms with van der Waals surface area (Å²) in [5, 5.41) is 4.07. The lowest BCUT2D eigenvalue weighted by Gasteiger charge is -2.29. The van der Waals surface area contributed by atoms with Gasteiger partial charge in [0.2, 0.25) is 0 Å². The van der Waals surface area contributed by atoms with Crippen molar-refractivity contribution in [3.05, 3.63) is 23.4 Å². The molecular weight excluding hydrogens is 236 g/mol. The van der Waals surface area contributed by atoms with Crippen molar-refractivity contribution in [2.24, 2.45) is 0 Å². The predicted molar refractivity (Wildman–Crippen MR) is 71.8 cm³/mol. The Bertz CT molecular complexity index is 352. The Morgan fingerprint density at radius 2 is 2.24 bits per heavy atom. The molecule has 2 heterocycles. The molecule has 0 amide bonds. The van der Waals surface area contributed by atoms with Crippen molar-refractivity contribution < 1.29 is 0 Å². The third kappa shape index (κ3) is 3.56. The molecule has 1 aromatic heterocycles. The highest BCUT2D eigenvalue weighted by molar-refractivity contribution is 6.32. The maximum Gasteiger partial charge on any atom is 0.147 e. The van der Waals surface area contributed by atoms with Gasteiger partial charge in [0.05, 0.1) is 5.02 Å². The molecule has 5 heteroatoms. The number of nitrogens with zero attached hydrogens (tertiary/aromatic N) is 3. The number of nitrogens with one attached hydrogen (secondary N) is 1. The van der Waals surface area contributed by atoms with Crippen LogP contribution in [0.25, 0.3) is 0 Å². The van der Waals surface area contributed by atoms with Crippen LogP contribution >= 0.6 is 11.6 Å². The number of pyridine rings is 1. The second-order valence-electron chi connectivity index (χ2n) is 4.32.